The number of ether oxygens (including phenoxy) is 2. The molecule has 7 nitrogen and oxygen atoms in total. The highest BCUT2D eigenvalue weighted by atomic mass is 16.7. The molecule has 0 saturated heterocycles. The van der Waals surface area contributed by atoms with Gasteiger partial charge in [-0.15, -0.1) is 4.91 Å². The lowest BCUT2D eigenvalue weighted by Gasteiger charge is -2.10. The number of nitroso groups, excluding NO2 is 1. The van der Waals surface area contributed by atoms with Crippen LogP contribution in [0.2, 0.25) is 0 Å². The van der Waals surface area contributed by atoms with Crippen molar-refractivity contribution >= 4 is 17.3 Å². The lowest BCUT2D eigenvalue weighted by atomic mass is 10.2. The Labute approximate surface area is 126 Å². The van der Waals surface area contributed by atoms with Crippen molar-refractivity contribution in [1.82, 2.24) is 0 Å². The van der Waals surface area contributed by atoms with Gasteiger partial charge in [-0.1, -0.05) is 0 Å². The van der Waals surface area contributed by atoms with Crippen LogP contribution in [0.1, 0.15) is 10.4 Å². The van der Waals surface area contributed by atoms with Gasteiger partial charge in [-0.2, -0.15) is 0 Å². The van der Waals surface area contributed by atoms with Crippen molar-refractivity contribution in [1.29, 1.82) is 0 Å². The molecule has 22 heavy (non-hydrogen) atoms. The largest absolute Gasteiger partial charge is 0.493 e. The molecule has 2 aromatic rings. The van der Waals surface area contributed by atoms with Crippen LogP contribution < -0.4 is 15.0 Å². The fourth-order valence-electron chi connectivity index (χ4n) is 1.72. The van der Waals surface area contributed by atoms with E-state index in [0.717, 1.165) is 0 Å². The van der Waals surface area contributed by atoms with Crippen molar-refractivity contribution < 1.29 is 19.1 Å². The summed E-state index contributed by atoms with van der Waals surface area (Å²) in [6.07, 6.45) is 0. The number of nitrogens with zero attached hydrogens (tertiary/aromatic N) is 1. The van der Waals surface area contributed by atoms with Gasteiger partial charge in [0.2, 0.25) is 0 Å². The van der Waals surface area contributed by atoms with E-state index in [9.17, 15) is 9.70 Å². The Kier molecular flexibility index (Phi) is 4.92. The van der Waals surface area contributed by atoms with E-state index in [2.05, 4.69) is 10.7 Å². The summed E-state index contributed by atoms with van der Waals surface area (Å²) in [5.41, 5.74) is 3.60. The molecule has 0 unspecified atom stereocenters. The summed E-state index contributed by atoms with van der Waals surface area (Å²) < 4.78 is 10.2. The quantitative estimate of drug-likeness (QED) is 0.651. The third-order valence-corrected chi connectivity index (χ3v) is 2.85. The highest BCUT2D eigenvalue weighted by molar-refractivity contribution is 5.90. The zero-order valence-corrected chi connectivity index (χ0v) is 12.0. The first-order valence-corrected chi connectivity index (χ1v) is 6.30. The normalized spacial score (nSPS) is 9.73. The molecular formula is C15H14N2O5. The molecule has 0 radical (unpaired) electrons. The minimum atomic E-state index is -0.585. The molecule has 0 fully saturated rings. The molecule has 0 atom stereocenters. The van der Waals surface area contributed by atoms with Gasteiger partial charge in [-0.25, -0.2) is 10.3 Å². The molecule has 0 amide bonds. The summed E-state index contributed by atoms with van der Waals surface area (Å²) >= 11 is 0. The third-order valence-electron chi connectivity index (χ3n) is 2.85. The van der Waals surface area contributed by atoms with Crippen molar-refractivity contribution in [3.05, 3.63) is 52.9 Å². The molecule has 7 heteroatoms. The van der Waals surface area contributed by atoms with Crippen molar-refractivity contribution in [2.24, 2.45) is 5.18 Å². The average Bonchev–Trinajstić information content (AvgIpc) is 2.59. The Balaban J connectivity index is 2.03. The molecule has 0 bridgehead atoms. The second-order valence-electron chi connectivity index (χ2n) is 4.20. The van der Waals surface area contributed by atoms with E-state index in [-0.39, 0.29) is 5.69 Å². The van der Waals surface area contributed by atoms with Gasteiger partial charge >= 0.3 is 5.97 Å². The predicted octanol–water partition coefficient (Wildman–Crippen LogP) is 3.29. The van der Waals surface area contributed by atoms with Gasteiger partial charge < -0.3 is 14.3 Å². The first-order chi connectivity index (χ1) is 10.7. The maximum absolute atomic E-state index is 12.0. The van der Waals surface area contributed by atoms with Crippen molar-refractivity contribution in [2.45, 2.75) is 0 Å². The van der Waals surface area contributed by atoms with Crippen LogP contribution in [-0.2, 0) is 4.84 Å². The maximum Gasteiger partial charge on any atom is 0.362 e. The van der Waals surface area contributed by atoms with Crippen molar-refractivity contribution in [3.8, 4) is 11.5 Å². The fraction of sp³-hybridized carbons (Fsp3) is 0.133. The molecule has 0 aliphatic heterocycles. The Morgan fingerprint density at radius 1 is 1.00 bits per heavy atom. The summed E-state index contributed by atoms with van der Waals surface area (Å²) in [7, 11) is 2.99. The summed E-state index contributed by atoms with van der Waals surface area (Å²) in [5, 5.41) is 2.78. The molecule has 0 aliphatic rings. The minimum absolute atomic E-state index is 0.289. The molecule has 0 spiro atoms. The second-order valence-corrected chi connectivity index (χ2v) is 4.20. The van der Waals surface area contributed by atoms with E-state index in [1.54, 1.807) is 24.3 Å². The van der Waals surface area contributed by atoms with E-state index in [1.165, 1.54) is 32.4 Å². The van der Waals surface area contributed by atoms with E-state index in [0.29, 0.717) is 22.7 Å². The van der Waals surface area contributed by atoms with E-state index in [1.807, 2.05) is 0 Å². The summed E-state index contributed by atoms with van der Waals surface area (Å²) in [5.74, 6) is 0.362. The summed E-state index contributed by atoms with van der Waals surface area (Å²) in [6.45, 7) is 0. The number of nitrogens with one attached hydrogen (secondary N) is 1. The predicted molar refractivity (Wildman–Crippen MR) is 80.5 cm³/mol. The van der Waals surface area contributed by atoms with E-state index in [4.69, 9.17) is 14.3 Å². The molecule has 1 N–H and O–H groups in total. The van der Waals surface area contributed by atoms with E-state index < -0.39 is 5.97 Å². The van der Waals surface area contributed by atoms with Crippen LogP contribution in [0, 0.1) is 4.91 Å². The Morgan fingerprint density at radius 2 is 1.68 bits per heavy atom. The maximum atomic E-state index is 12.0. The Morgan fingerprint density at radius 3 is 2.27 bits per heavy atom. The lowest BCUT2D eigenvalue weighted by molar-refractivity contribution is 0.0596. The second kappa shape index (κ2) is 7.07. The Hall–Kier alpha value is -3.09. The van der Waals surface area contributed by atoms with Gasteiger partial charge in [0.15, 0.2) is 11.5 Å². The smallest absolute Gasteiger partial charge is 0.362 e. The Bertz CT molecular complexity index is 670. The molecule has 2 rings (SSSR count). The van der Waals surface area contributed by atoms with Crippen LogP contribution >= 0.6 is 0 Å². The number of carbonyl (C=O) groups excluding carboxylic acids is 1. The van der Waals surface area contributed by atoms with Gasteiger partial charge in [0, 0.05) is 0 Å². The number of carbonyl (C=O) groups is 1. The van der Waals surface area contributed by atoms with Gasteiger partial charge in [0.05, 0.1) is 25.5 Å². The van der Waals surface area contributed by atoms with Crippen molar-refractivity contribution in [3.63, 3.8) is 0 Å². The highest BCUT2D eigenvalue weighted by Crippen LogP contribution is 2.27. The molecule has 2 aromatic carbocycles. The van der Waals surface area contributed by atoms with Crippen LogP contribution in [0.5, 0.6) is 11.5 Å². The lowest BCUT2D eigenvalue weighted by Crippen LogP contribution is -2.11. The molecule has 0 aromatic heterocycles. The number of hydrogen-bond donors (Lipinski definition) is 1. The fourth-order valence-corrected chi connectivity index (χ4v) is 1.72. The monoisotopic (exact) mass is 302 g/mol. The van der Waals surface area contributed by atoms with Gasteiger partial charge in [-0.3, -0.25) is 0 Å². The van der Waals surface area contributed by atoms with Crippen LogP contribution in [0.4, 0.5) is 11.4 Å². The standard InChI is InChI=1S/C15H14N2O5/c1-20-13-8-3-10(9-14(13)21-2)15(18)22-17-12-6-4-11(16-19)5-7-12/h3-9,17H,1-2H3. The molecular weight excluding hydrogens is 288 g/mol. The number of hydrogen-bond acceptors (Lipinski definition) is 7. The van der Waals surface area contributed by atoms with Gasteiger partial charge in [0.25, 0.3) is 0 Å². The number of benzene rings is 2. The number of methoxy groups -OCH3 is 2. The van der Waals surface area contributed by atoms with Gasteiger partial charge in [0.1, 0.15) is 5.69 Å². The summed E-state index contributed by atoms with van der Waals surface area (Å²) in [4.78, 5) is 27.2. The van der Waals surface area contributed by atoms with Crippen LogP contribution in [0.25, 0.3) is 0 Å². The number of anilines is 1. The first kappa shape index (κ1) is 15.3. The average molecular weight is 302 g/mol. The minimum Gasteiger partial charge on any atom is -0.493 e. The summed E-state index contributed by atoms with van der Waals surface area (Å²) in [6, 6.07) is 10.8. The van der Waals surface area contributed by atoms with Crippen LogP contribution in [0.15, 0.2) is 47.6 Å². The SMILES string of the molecule is COc1ccc(C(=O)ONc2ccc(N=O)cc2)cc1OC. The van der Waals surface area contributed by atoms with Crippen LogP contribution in [-0.4, -0.2) is 20.2 Å². The topological polar surface area (TPSA) is 86.2 Å². The zero-order chi connectivity index (χ0) is 15.9. The van der Waals surface area contributed by atoms with E-state index >= 15 is 0 Å². The zero-order valence-electron chi connectivity index (χ0n) is 12.0. The third kappa shape index (κ3) is 3.51. The first-order valence-electron chi connectivity index (χ1n) is 6.30. The molecule has 0 aliphatic carbocycles. The van der Waals surface area contributed by atoms with Gasteiger partial charge in [-0.05, 0) is 47.6 Å². The molecule has 0 heterocycles. The molecule has 114 valence electrons. The van der Waals surface area contributed by atoms with Crippen LogP contribution in [0.3, 0.4) is 0 Å². The van der Waals surface area contributed by atoms with Crippen molar-refractivity contribution in [2.75, 3.05) is 19.7 Å². The molecule has 0 saturated carbocycles. The number of rotatable bonds is 6. The highest BCUT2D eigenvalue weighted by Gasteiger charge is 2.12.